The van der Waals surface area contributed by atoms with Crippen LogP contribution >= 0.6 is 0 Å². The van der Waals surface area contributed by atoms with E-state index in [0.717, 1.165) is 73.7 Å². The molecule has 0 fully saturated rings. The molecule has 1 aliphatic rings. The average molecular weight is 419 g/mol. The Balaban J connectivity index is 1.23. The van der Waals surface area contributed by atoms with Gasteiger partial charge in [0.15, 0.2) is 5.78 Å². The van der Waals surface area contributed by atoms with E-state index in [-0.39, 0.29) is 11.8 Å². The second kappa shape index (κ2) is 9.92. The number of aldehydes is 1. The van der Waals surface area contributed by atoms with E-state index < -0.39 is 0 Å². The van der Waals surface area contributed by atoms with Crippen LogP contribution < -0.4 is 10.1 Å². The second-order valence-electron chi connectivity index (χ2n) is 8.23. The summed E-state index contributed by atoms with van der Waals surface area (Å²) in [5.41, 5.74) is 4.30. The molecule has 3 aromatic rings. The third-order valence-electron chi connectivity index (χ3n) is 6.21. The van der Waals surface area contributed by atoms with Gasteiger partial charge in [-0.05, 0) is 80.6 Å². The van der Waals surface area contributed by atoms with Gasteiger partial charge in [0.25, 0.3) is 0 Å². The Morgan fingerprint density at radius 1 is 1.19 bits per heavy atom. The van der Waals surface area contributed by atoms with Crippen LogP contribution in [-0.4, -0.2) is 36.8 Å². The van der Waals surface area contributed by atoms with Crippen LogP contribution in [0.15, 0.2) is 48.7 Å². The van der Waals surface area contributed by atoms with Crippen LogP contribution in [0.5, 0.6) is 5.75 Å². The molecule has 162 valence electrons. The summed E-state index contributed by atoms with van der Waals surface area (Å²) in [4.78, 5) is 24.1. The lowest BCUT2D eigenvalue weighted by atomic mass is 9.95. The fraction of sp³-hybridized carbons (Fsp3) is 0.385. The summed E-state index contributed by atoms with van der Waals surface area (Å²) in [5, 5.41) is 4.52. The SMILES string of the molecule is COc1ccccc1CCNCCCCC(=O)c1cc2c3c(ccn3C(C=O)CC2)c1. The van der Waals surface area contributed by atoms with Crippen molar-refractivity contribution < 1.29 is 14.3 Å². The van der Waals surface area contributed by atoms with Crippen LogP contribution in [0.4, 0.5) is 0 Å². The Kier molecular flexibility index (Phi) is 6.82. The van der Waals surface area contributed by atoms with Crippen LogP contribution in [0.2, 0.25) is 0 Å². The van der Waals surface area contributed by atoms with E-state index in [1.807, 2.05) is 47.2 Å². The summed E-state index contributed by atoms with van der Waals surface area (Å²) >= 11 is 0. The van der Waals surface area contributed by atoms with Crippen molar-refractivity contribution in [1.29, 1.82) is 0 Å². The highest BCUT2D eigenvalue weighted by Crippen LogP contribution is 2.32. The Labute approximate surface area is 183 Å². The summed E-state index contributed by atoms with van der Waals surface area (Å²) in [6, 6.07) is 14.1. The molecule has 5 nitrogen and oxygen atoms in total. The van der Waals surface area contributed by atoms with E-state index >= 15 is 0 Å². The van der Waals surface area contributed by atoms with Gasteiger partial charge in [-0.2, -0.15) is 0 Å². The van der Waals surface area contributed by atoms with Crippen LogP contribution in [-0.2, 0) is 17.6 Å². The summed E-state index contributed by atoms with van der Waals surface area (Å²) in [6.07, 6.45) is 7.99. The van der Waals surface area contributed by atoms with Gasteiger partial charge in [-0.15, -0.1) is 0 Å². The van der Waals surface area contributed by atoms with Crippen LogP contribution in [0.25, 0.3) is 10.9 Å². The van der Waals surface area contributed by atoms with Gasteiger partial charge in [-0.1, -0.05) is 18.2 Å². The Bertz CT molecular complexity index is 1070. The van der Waals surface area contributed by atoms with Gasteiger partial charge >= 0.3 is 0 Å². The Morgan fingerprint density at radius 2 is 2.06 bits per heavy atom. The molecule has 0 amide bonds. The molecule has 1 aromatic heterocycles. The number of methoxy groups -OCH3 is 1. The zero-order chi connectivity index (χ0) is 21.6. The van der Waals surface area contributed by atoms with E-state index in [2.05, 4.69) is 11.4 Å². The molecule has 2 aromatic carbocycles. The minimum Gasteiger partial charge on any atom is -0.496 e. The number of carbonyl (C=O) groups is 2. The number of Topliss-reactive ketones (excluding diaryl/α,β-unsaturated/α-hetero) is 1. The Morgan fingerprint density at radius 3 is 2.90 bits per heavy atom. The smallest absolute Gasteiger partial charge is 0.162 e. The van der Waals surface area contributed by atoms with Crippen molar-refractivity contribution in [3.05, 3.63) is 65.4 Å². The third kappa shape index (κ3) is 4.72. The van der Waals surface area contributed by atoms with Gasteiger partial charge in [0.2, 0.25) is 0 Å². The highest BCUT2D eigenvalue weighted by atomic mass is 16.5. The van der Waals surface area contributed by atoms with Crippen LogP contribution in [0.3, 0.4) is 0 Å². The van der Waals surface area contributed by atoms with Crippen molar-refractivity contribution >= 4 is 23.0 Å². The van der Waals surface area contributed by atoms with Gasteiger partial charge in [0.05, 0.1) is 18.7 Å². The zero-order valence-electron chi connectivity index (χ0n) is 18.1. The molecule has 1 N–H and O–H groups in total. The average Bonchev–Trinajstić information content (AvgIpc) is 3.24. The molecule has 0 bridgehead atoms. The highest BCUT2D eigenvalue weighted by molar-refractivity contribution is 6.00. The minimum atomic E-state index is -0.0815. The van der Waals surface area contributed by atoms with Crippen molar-refractivity contribution in [3.8, 4) is 5.75 Å². The van der Waals surface area contributed by atoms with Crippen molar-refractivity contribution in [2.75, 3.05) is 20.2 Å². The van der Waals surface area contributed by atoms with Gasteiger partial charge in [0.1, 0.15) is 12.0 Å². The third-order valence-corrected chi connectivity index (χ3v) is 6.21. The number of nitrogens with one attached hydrogen (secondary N) is 1. The number of ketones is 1. The molecule has 0 radical (unpaired) electrons. The van der Waals surface area contributed by atoms with Crippen LogP contribution in [0, 0.1) is 0 Å². The number of carbonyl (C=O) groups excluding carboxylic acids is 2. The fourth-order valence-corrected chi connectivity index (χ4v) is 4.54. The minimum absolute atomic E-state index is 0.0815. The van der Waals surface area contributed by atoms with Crippen molar-refractivity contribution in [2.24, 2.45) is 0 Å². The van der Waals surface area contributed by atoms with E-state index in [0.29, 0.717) is 6.42 Å². The summed E-state index contributed by atoms with van der Waals surface area (Å²) in [6.45, 7) is 1.80. The molecule has 31 heavy (non-hydrogen) atoms. The normalized spacial score (nSPS) is 15.2. The Hall–Kier alpha value is -2.92. The standard InChI is InChI=1S/C26H30N2O3/c1-31-25-8-3-2-6-19(25)11-14-27-13-5-4-7-24(30)22-16-20-9-10-23(18-29)28-15-12-21(17-22)26(20)28/h2-3,6,8,12,15-18,23,27H,4-5,7,9-11,13-14H2,1H3. The number of aryl methyl sites for hydroxylation is 1. The summed E-state index contributed by atoms with van der Waals surface area (Å²) < 4.78 is 7.43. The number of para-hydroxylation sites is 1. The number of benzene rings is 2. The number of hydrogen-bond acceptors (Lipinski definition) is 4. The lowest BCUT2D eigenvalue weighted by Crippen LogP contribution is -2.19. The van der Waals surface area contributed by atoms with E-state index in [4.69, 9.17) is 4.74 Å². The van der Waals surface area contributed by atoms with Gasteiger partial charge in [-0.3, -0.25) is 4.79 Å². The molecule has 5 heteroatoms. The molecule has 1 atom stereocenters. The fourth-order valence-electron chi connectivity index (χ4n) is 4.54. The maximum atomic E-state index is 12.7. The summed E-state index contributed by atoms with van der Waals surface area (Å²) in [7, 11) is 1.70. The zero-order valence-corrected chi connectivity index (χ0v) is 18.1. The molecule has 4 rings (SSSR count). The first kappa shape index (κ1) is 21.3. The number of hydrogen-bond donors (Lipinski definition) is 1. The quantitative estimate of drug-likeness (QED) is 0.283. The van der Waals surface area contributed by atoms with Gasteiger partial charge < -0.3 is 19.4 Å². The van der Waals surface area contributed by atoms with E-state index in [9.17, 15) is 9.59 Å². The molecule has 0 saturated carbocycles. The molecule has 0 aliphatic carbocycles. The molecular weight excluding hydrogens is 388 g/mol. The largest absolute Gasteiger partial charge is 0.496 e. The van der Waals surface area contributed by atoms with E-state index in [1.54, 1.807) is 7.11 Å². The van der Waals surface area contributed by atoms with Crippen molar-refractivity contribution in [2.45, 2.75) is 44.6 Å². The first-order valence-corrected chi connectivity index (χ1v) is 11.2. The van der Waals surface area contributed by atoms with Gasteiger partial charge in [-0.25, -0.2) is 0 Å². The number of aromatic nitrogens is 1. The summed E-state index contributed by atoms with van der Waals surface area (Å²) in [5.74, 6) is 1.14. The lowest BCUT2D eigenvalue weighted by molar-refractivity contribution is -0.110. The first-order valence-electron chi connectivity index (χ1n) is 11.2. The number of rotatable bonds is 11. The van der Waals surface area contributed by atoms with E-state index in [1.165, 1.54) is 11.1 Å². The van der Waals surface area contributed by atoms with Crippen molar-refractivity contribution in [1.82, 2.24) is 9.88 Å². The lowest BCUT2D eigenvalue weighted by Gasteiger charge is -2.22. The molecule has 2 heterocycles. The van der Waals surface area contributed by atoms with Gasteiger partial charge in [0, 0.05) is 23.6 Å². The number of unbranched alkanes of at least 4 members (excludes halogenated alkanes) is 1. The molecule has 1 unspecified atom stereocenters. The molecule has 0 saturated heterocycles. The number of nitrogens with zero attached hydrogens (tertiary/aromatic N) is 1. The molecule has 1 aliphatic heterocycles. The topological polar surface area (TPSA) is 60.3 Å². The predicted molar refractivity (Wildman–Crippen MR) is 123 cm³/mol. The monoisotopic (exact) mass is 418 g/mol. The second-order valence-corrected chi connectivity index (χ2v) is 8.23. The maximum Gasteiger partial charge on any atom is 0.162 e. The first-order chi connectivity index (χ1) is 15.2. The maximum absolute atomic E-state index is 12.7. The predicted octanol–water partition coefficient (Wildman–Crippen LogP) is 4.52. The number of ether oxygens (including phenoxy) is 1. The van der Waals surface area contributed by atoms with Crippen LogP contribution in [0.1, 0.15) is 53.2 Å². The van der Waals surface area contributed by atoms with Crippen molar-refractivity contribution in [3.63, 3.8) is 0 Å². The highest BCUT2D eigenvalue weighted by Gasteiger charge is 2.22. The molecule has 0 spiro atoms. The molecular formula is C26H30N2O3.